The number of aromatic amines is 1. The van der Waals surface area contributed by atoms with E-state index in [1.807, 2.05) is 20.8 Å². The third-order valence-electron chi connectivity index (χ3n) is 2.81. The average Bonchev–Trinajstić information content (AvgIpc) is 2.72. The zero-order valence-electron chi connectivity index (χ0n) is 11.8. The predicted molar refractivity (Wildman–Crippen MR) is 77.8 cm³/mol. The van der Waals surface area contributed by atoms with E-state index in [0.29, 0.717) is 17.5 Å². The van der Waals surface area contributed by atoms with Crippen LogP contribution in [0.15, 0.2) is 21.3 Å². The van der Waals surface area contributed by atoms with Crippen molar-refractivity contribution in [3.63, 3.8) is 0 Å². The van der Waals surface area contributed by atoms with Crippen LogP contribution >= 0.6 is 11.8 Å². The smallest absolute Gasteiger partial charge is 0.343 e. The summed E-state index contributed by atoms with van der Waals surface area (Å²) in [7, 11) is 0. The lowest BCUT2D eigenvalue weighted by Gasteiger charge is -2.12. The minimum atomic E-state index is -0.206. The van der Waals surface area contributed by atoms with Gasteiger partial charge in [0.2, 0.25) is 0 Å². The molecule has 0 bridgehead atoms. The second kappa shape index (κ2) is 6.08. The van der Waals surface area contributed by atoms with Gasteiger partial charge in [0.25, 0.3) is 0 Å². The highest BCUT2D eigenvalue weighted by Crippen LogP contribution is 2.33. The molecule has 0 unspecified atom stereocenters. The molecule has 0 aliphatic rings. The minimum absolute atomic E-state index is 0.198. The van der Waals surface area contributed by atoms with Crippen molar-refractivity contribution in [1.82, 2.24) is 24.7 Å². The van der Waals surface area contributed by atoms with Crippen molar-refractivity contribution in [2.75, 3.05) is 5.73 Å². The molecular formula is C12H18N6OS. The van der Waals surface area contributed by atoms with Gasteiger partial charge in [0.1, 0.15) is 17.2 Å². The fraction of sp³-hybridized carbons (Fsp3) is 0.500. The van der Waals surface area contributed by atoms with E-state index in [2.05, 4.69) is 20.2 Å². The monoisotopic (exact) mass is 294 g/mol. The van der Waals surface area contributed by atoms with Crippen LogP contribution in [0.25, 0.3) is 0 Å². The second-order valence-corrected chi connectivity index (χ2v) is 5.65. The van der Waals surface area contributed by atoms with Gasteiger partial charge in [-0.15, -0.1) is 5.10 Å². The van der Waals surface area contributed by atoms with Crippen LogP contribution in [0.2, 0.25) is 0 Å². The molecule has 0 atom stereocenters. The van der Waals surface area contributed by atoms with Crippen molar-refractivity contribution in [3.05, 3.63) is 22.4 Å². The van der Waals surface area contributed by atoms with Crippen LogP contribution in [-0.4, -0.2) is 24.7 Å². The SMILES string of the molecule is CCCn1c(Sc2ncnc(N)c2C(C)C)n[nH]c1=O. The molecular weight excluding hydrogens is 276 g/mol. The predicted octanol–water partition coefficient (Wildman–Crippen LogP) is 1.63. The van der Waals surface area contributed by atoms with Gasteiger partial charge in [0.05, 0.1) is 0 Å². The number of hydrogen-bond acceptors (Lipinski definition) is 6. The Labute approximate surface area is 121 Å². The molecule has 2 rings (SSSR count). The molecule has 0 spiro atoms. The molecule has 20 heavy (non-hydrogen) atoms. The van der Waals surface area contributed by atoms with Gasteiger partial charge < -0.3 is 5.73 Å². The van der Waals surface area contributed by atoms with Crippen LogP contribution in [0, 0.1) is 0 Å². The summed E-state index contributed by atoms with van der Waals surface area (Å²) in [5, 5.41) is 7.85. The van der Waals surface area contributed by atoms with Crippen molar-refractivity contribution < 1.29 is 0 Å². The number of rotatable bonds is 5. The molecule has 8 heteroatoms. The Morgan fingerprint density at radius 3 is 2.85 bits per heavy atom. The van der Waals surface area contributed by atoms with Crippen LogP contribution in [-0.2, 0) is 6.54 Å². The number of nitrogen functional groups attached to an aromatic ring is 1. The Kier molecular flexibility index (Phi) is 4.43. The Morgan fingerprint density at radius 2 is 2.20 bits per heavy atom. The van der Waals surface area contributed by atoms with Crippen molar-refractivity contribution in [3.8, 4) is 0 Å². The number of nitrogens with one attached hydrogen (secondary N) is 1. The number of hydrogen-bond donors (Lipinski definition) is 2. The van der Waals surface area contributed by atoms with Crippen LogP contribution in [0.5, 0.6) is 0 Å². The van der Waals surface area contributed by atoms with Crippen LogP contribution in [0.1, 0.15) is 38.7 Å². The molecule has 108 valence electrons. The zero-order chi connectivity index (χ0) is 14.7. The Balaban J connectivity index is 2.40. The first-order valence-electron chi connectivity index (χ1n) is 6.48. The number of aromatic nitrogens is 5. The van der Waals surface area contributed by atoms with Gasteiger partial charge >= 0.3 is 5.69 Å². The molecule has 0 aliphatic heterocycles. The quantitative estimate of drug-likeness (QED) is 0.812. The summed E-state index contributed by atoms with van der Waals surface area (Å²) in [5.74, 6) is 0.668. The highest BCUT2D eigenvalue weighted by Gasteiger charge is 2.17. The van der Waals surface area contributed by atoms with E-state index < -0.39 is 0 Å². The Hall–Kier alpha value is -1.83. The lowest BCUT2D eigenvalue weighted by Crippen LogP contribution is -2.17. The molecule has 3 N–H and O–H groups in total. The molecule has 0 aromatic carbocycles. The lowest BCUT2D eigenvalue weighted by molar-refractivity contribution is 0.603. The van der Waals surface area contributed by atoms with Crippen LogP contribution in [0.3, 0.4) is 0 Å². The standard InChI is InChI=1S/C12H18N6OS/c1-4-5-18-11(19)16-17-12(18)20-10-8(7(2)3)9(13)14-6-15-10/h6-7H,4-5H2,1-3H3,(H,16,19)(H2,13,14,15). The summed E-state index contributed by atoms with van der Waals surface area (Å²) in [4.78, 5) is 20.0. The van der Waals surface area contributed by atoms with Gasteiger partial charge in [-0.2, -0.15) is 0 Å². The highest BCUT2D eigenvalue weighted by atomic mass is 32.2. The number of nitrogens with two attached hydrogens (primary N) is 1. The fourth-order valence-corrected chi connectivity index (χ4v) is 3.00. The maximum absolute atomic E-state index is 11.7. The summed E-state index contributed by atoms with van der Waals surface area (Å²) < 4.78 is 1.60. The van der Waals surface area contributed by atoms with E-state index in [1.54, 1.807) is 4.57 Å². The largest absolute Gasteiger partial charge is 0.383 e. The van der Waals surface area contributed by atoms with Crippen molar-refractivity contribution in [2.45, 2.75) is 49.8 Å². The number of anilines is 1. The van der Waals surface area contributed by atoms with Crippen molar-refractivity contribution >= 4 is 17.6 Å². The van der Waals surface area contributed by atoms with Gasteiger partial charge in [-0.05, 0) is 24.1 Å². The third-order valence-corrected chi connectivity index (χ3v) is 3.83. The minimum Gasteiger partial charge on any atom is -0.383 e. The molecule has 2 aromatic rings. The molecule has 0 amide bonds. The summed E-state index contributed by atoms with van der Waals surface area (Å²) in [6.45, 7) is 6.69. The number of H-pyrrole nitrogens is 1. The molecule has 2 heterocycles. The van der Waals surface area contributed by atoms with E-state index in [0.717, 1.165) is 17.0 Å². The van der Waals surface area contributed by atoms with Gasteiger partial charge in [0, 0.05) is 12.1 Å². The third kappa shape index (κ3) is 2.84. The Morgan fingerprint density at radius 1 is 1.45 bits per heavy atom. The van der Waals surface area contributed by atoms with E-state index >= 15 is 0 Å². The van der Waals surface area contributed by atoms with Crippen LogP contribution in [0.4, 0.5) is 5.82 Å². The summed E-state index contributed by atoms with van der Waals surface area (Å²) in [6, 6.07) is 0. The number of nitrogens with zero attached hydrogens (tertiary/aromatic N) is 4. The molecule has 0 radical (unpaired) electrons. The topological polar surface area (TPSA) is 102 Å². The van der Waals surface area contributed by atoms with E-state index in [1.165, 1.54) is 18.1 Å². The lowest BCUT2D eigenvalue weighted by atomic mass is 10.1. The molecule has 2 aromatic heterocycles. The van der Waals surface area contributed by atoms with Gasteiger partial charge in [-0.3, -0.25) is 4.57 Å². The first-order chi connectivity index (χ1) is 9.54. The molecule has 0 saturated heterocycles. The van der Waals surface area contributed by atoms with Crippen LogP contribution < -0.4 is 11.4 Å². The van der Waals surface area contributed by atoms with Gasteiger partial charge in [0.15, 0.2) is 5.16 Å². The Bertz CT molecular complexity index is 648. The second-order valence-electron chi connectivity index (χ2n) is 4.70. The zero-order valence-corrected chi connectivity index (χ0v) is 12.6. The van der Waals surface area contributed by atoms with Crippen molar-refractivity contribution in [2.24, 2.45) is 0 Å². The first kappa shape index (κ1) is 14.6. The molecule has 7 nitrogen and oxygen atoms in total. The maximum Gasteiger partial charge on any atom is 0.343 e. The van der Waals surface area contributed by atoms with E-state index in [4.69, 9.17) is 5.73 Å². The van der Waals surface area contributed by atoms with Gasteiger partial charge in [-0.1, -0.05) is 20.8 Å². The summed E-state index contributed by atoms with van der Waals surface area (Å²) >= 11 is 1.33. The van der Waals surface area contributed by atoms with Crippen molar-refractivity contribution in [1.29, 1.82) is 0 Å². The van der Waals surface area contributed by atoms with Gasteiger partial charge in [-0.25, -0.2) is 19.9 Å². The summed E-state index contributed by atoms with van der Waals surface area (Å²) in [5.41, 5.74) is 6.60. The highest BCUT2D eigenvalue weighted by molar-refractivity contribution is 7.99. The van der Waals surface area contributed by atoms with E-state index in [-0.39, 0.29) is 11.6 Å². The molecule has 0 fully saturated rings. The fourth-order valence-electron chi connectivity index (χ4n) is 1.90. The summed E-state index contributed by atoms with van der Waals surface area (Å²) in [6.07, 6.45) is 2.29. The molecule has 0 aliphatic carbocycles. The van der Waals surface area contributed by atoms with E-state index in [9.17, 15) is 4.79 Å². The molecule has 0 saturated carbocycles. The maximum atomic E-state index is 11.7. The first-order valence-corrected chi connectivity index (χ1v) is 7.29. The normalized spacial score (nSPS) is 11.2. The average molecular weight is 294 g/mol.